The van der Waals surface area contributed by atoms with Crippen molar-refractivity contribution >= 4 is 26.5 Å². The molecule has 0 unspecified atom stereocenters. The molecule has 7 nitrogen and oxygen atoms in total. The molecule has 0 saturated heterocycles. The van der Waals surface area contributed by atoms with Crippen molar-refractivity contribution in [2.45, 2.75) is 16.3 Å². The first kappa shape index (κ1) is 17.9. The number of nitrogens with zero attached hydrogens (tertiary/aromatic N) is 3. The Bertz CT molecular complexity index is 1450. The summed E-state index contributed by atoms with van der Waals surface area (Å²) in [5.41, 5.74) is 0.00958. The van der Waals surface area contributed by atoms with Crippen LogP contribution in [0.1, 0.15) is 0 Å². The first-order valence-electron chi connectivity index (χ1n) is 8.45. The molecule has 0 aliphatic rings. The first-order valence-corrected chi connectivity index (χ1v) is 9.94. The van der Waals surface area contributed by atoms with Crippen molar-refractivity contribution in [3.8, 4) is 0 Å². The maximum Gasteiger partial charge on any atom is 0.267 e. The van der Waals surface area contributed by atoms with Crippen LogP contribution in [0.15, 0.2) is 88.0 Å². The number of sulfone groups is 1. The van der Waals surface area contributed by atoms with E-state index >= 15 is 0 Å². The monoisotopic (exact) mass is 392 g/mol. The van der Waals surface area contributed by atoms with Gasteiger partial charge in [0.25, 0.3) is 5.56 Å². The van der Waals surface area contributed by atoms with Gasteiger partial charge in [0.1, 0.15) is 21.7 Å². The van der Waals surface area contributed by atoms with Gasteiger partial charge >= 0.3 is 0 Å². The number of rotatable bonds is 4. The van der Waals surface area contributed by atoms with Crippen LogP contribution in [0.25, 0.3) is 16.7 Å². The summed E-state index contributed by atoms with van der Waals surface area (Å²) < 4.78 is 29.0. The second-order valence-electron chi connectivity index (χ2n) is 6.16. The quantitative estimate of drug-likeness (QED) is 0.425. The largest absolute Gasteiger partial charge is 0.306 e. The molecule has 0 bridgehead atoms. The van der Waals surface area contributed by atoms with Crippen molar-refractivity contribution in [1.29, 1.82) is 5.41 Å². The SMILES string of the molecule is C=CCn1c(=N)c(S(=O)(=O)c2ccccc2)cc2c(=O)n3ccccc3nc21. The Labute approximate surface area is 160 Å². The van der Waals surface area contributed by atoms with Crippen LogP contribution in [0, 0.1) is 5.41 Å². The fraction of sp³-hybridized carbons (Fsp3) is 0.0500. The maximum absolute atomic E-state index is 13.1. The van der Waals surface area contributed by atoms with Crippen LogP contribution in [0.3, 0.4) is 0 Å². The molecule has 3 heterocycles. The Morgan fingerprint density at radius 1 is 1.11 bits per heavy atom. The zero-order valence-electron chi connectivity index (χ0n) is 14.7. The average molecular weight is 392 g/mol. The summed E-state index contributed by atoms with van der Waals surface area (Å²) in [6, 6.07) is 14.2. The van der Waals surface area contributed by atoms with E-state index in [0.717, 1.165) is 0 Å². The fourth-order valence-electron chi connectivity index (χ4n) is 3.10. The summed E-state index contributed by atoms with van der Waals surface area (Å²) >= 11 is 0. The van der Waals surface area contributed by atoms with E-state index in [0.29, 0.717) is 5.65 Å². The minimum atomic E-state index is -3.99. The smallest absolute Gasteiger partial charge is 0.267 e. The topological polar surface area (TPSA) is 97.3 Å². The Hall–Kier alpha value is -3.52. The Morgan fingerprint density at radius 2 is 1.82 bits per heavy atom. The number of fused-ring (bicyclic) bond motifs is 2. The van der Waals surface area contributed by atoms with Gasteiger partial charge in [-0.15, -0.1) is 6.58 Å². The number of hydrogen-bond donors (Lipinski definition) is 1. The van der Waals surface area contributed by atoms with Crippen LogP contribution in [0.4, 0.5) is 0 Å². The summed E-state index contributed by atoms with van der Waals surface area (Å²) in [5.74, 6) is 0. The highest BCUT2D eigenvalue weighted by Gasteiger charge is 2.23. The number of pyridine rings is 2. The minimum absolute atomic E-state index is 0.0573. The van der Waals surface area contributed by atoms with Crippen molar-refractivity contribution in [2.75, 3.05) is 0 Å². The van der Waals surface area contributed by atoms with E-state index in [-0.39, 0.29) is 32.9 Å². The lowest BCUT2D eigenvalue weighted by atomic mass is 10.3. The van der Waals surface area contributed by atoms with E-state index in [1.165, 1.54) is 33.2 Å². The Kier molecular flexibility index (Phi) is 4.20. The molecular formula is C20H16N4O3S. The van der Waals surface area contributed by atoms with Gasteiger partial charge in [-0.2, -0.15) is 0 Å². The van der Waals surface area contributed by atoms with Crippen LogP contribution >= 0.6 is 0 Å². The second kappa shape index (κ2) is 6.58. The number of aromatic nitrogens is 3. The van der Waals surface area contributed by atoms with Gasteiger partial charge in [-0.25, -0.2) is 13.4 Å². The van der Waals surface area contributed by atoms with E-state index in [1.807, 2.05) is 0 Å². The van der Waals surface area contributed by atoms with Crippen molar-refractivity contribution in [3.05, 3.63) is 89.3 Å². The lowest BCUT2D eigenvalue weighted by Crippen LogP contribution is -2.29. The van der Waals surface area contributed by atoms with Crippen LogP contribution in [-0.4, -0.2) is 22.4 Å². The van der Waals surface area contributed by atoms with Gasteiger partial charge in [-0.05, 0) is 30.3 Å². The molecule has 0 amide bonds. The van der Waals surface area contributed by atoms with Gasteiger partial charge in [0, 0.05) is 12.7 Å². The highest BCUT2D eigenvalue weighted by atomic mass is 32.2. The molecule has 0 aliphatic carbocycles. The number of hydrogen-bond acceptors (Lipinski definition) is 5. The molecule has 0 spiro atoms. The predicted octanol–water partition coefficient (Wildman–Crippen LogP) is 2.15. The number of benzene rings is 1. The molecule has 0 radical (unpaired) electrons. The summed E-state index contributed by atoms with van der Waals surface area (Å²) in [4.78, 5) is 17.3. The van der Waals surface area contributed by atoms with Crippen LogP contribution in [0.2, 0.25) is 0 Å². The van der Waals surface area contributed by atoms with Gasteiger partial charge in [0.05, 0.1) is 10.3 Å². The van der Waals surface area contributed by atoms with Gasteiger partial charge in [-0.1, -0.05) is 30.3 Å². The molecule has 4 rings (SSSR count). The van der Waals surface area contributed by atoms with E-state index in [2.05, 4.69) is 11.6 Å². The highest BCUT2D eigenvalue weighted by Crippen LogP contribution is 2.20. The summed E-state index contributed by atoms with van der Waals surface area (Å²) in [7, 11) is -3.99. The van der Waals surface area contributed by atoms with E-state index in [1.54, 1.807) is 42.6 Å². The summed E-state index contributed by atoms with van der Waals surface area (Å²) in [6.45, 7) is 3.82. The zero-order chi connectivity index (χ0) is 19.9. The first-order chi connectivity index (χ1) is 13.4. The average Bonchev–Trinajstić information content (AvgIpc) is 2.71. The van der Waals surface area contributed by atoms with Crippen molar-refractivity contribution in [3.63, 3.8) is 0 Å². The van der Waals surface area contributed by atoms with Gasteiger partial charge < -0.3 is 4.57 Å². The van der Waals surface area contributed by atoms with Gasteiger partial charge in [0.15, 0.2) is 0 Å². The van der Waals surface area contributed by atoms with Crippen LogP contribution in [-0.2, 0) is 16.4 Å². The molecule has 0 saturated carbocycles. The van der Waals surface area contributed by atoms with Gasteiger partial charge in [-0.3, -0.25) is 14.6 Å². The molecular weight excluding hydrogens is 376 g/mol. The fourth-order valence-corrected chi connectivity index (χ4v) is 4.51. The lowest BCUT2D eigenvalue weighted by molar-refractivity contribution is 0.591. The molecule has 8 heteroatoms. The third-order valence-electron chi connectivity index (χ3n) is 4.44. The molecule has 140 valence electrons. The second-order valence-corrected chi connectivity index (χ2v) is 8.07. The van der Waals surface area contributed by atoms with Crippen molar-refractivity contribution in [2.24, 2.45) is 0 Å². The molecule has 3 aromatic heterocycles. The summed E-state index contributed by atoms with van der Waals surface area (Å²) in [6.07, 6.45) is 3.10. The summed E-state index contributed by atoms with van der Waals surface area (Å²) in [5, 5.41) is 8.62. The Balaban J connectivity index is 2.18. The van der Waals surface area contributed by atoms with Crippen molar-refractivity contribution in [1.82, 2.24) is 14.0 Å². The van der Waals surface area contributed by atoms with E-state index in [9.17, 15) is 13.2 Å². The number of allylic oxidation sites excluding steroid dienone is 1. The third kappa shape index (κ3) is 2.66. The third-order valence-corrected chi connectivity index (χ3v) is 6.22. The molecule has 1 N–H and O–H groups in total. The predicted molar refractivity (Wildman–Crippen MR) is 105 cm³/mol. The van der Waals surface area contributed by atoms with Gasteiger partial charge in [0.2, 0.25) is 9.84 Å². The zero-order valence-corrected chi connectivity index (χ0v) is 15.6. The lowest BCUT2D eigenvalue weighted by Gasteiger charge is -2.13. The minimum Gasteiger partial charge on any atom is -0.306 e. The maximum atomic E-state index is 13.1. The van der Waals surface area contributed by atoms with E-state index in [4.69, 9.17) is 5.41 Å². The molecule has 0 fully saturated rings. The van der Waals surface area contributed by atoms with Crippen LogP contribution in [0.5, 0.6) is 0 Å². The van der Waals surface area contributed by atoms with Crippen LogP contribution < -0.4 is 11.0 Å². The molecule has 0 atom stereocenters. The Morgan fingerprint density at radius 3 is 2.54 bits per heavy atom. The molecule has 4 aromatic rings. The molecule has 1 aromatic carbocycles. The van der Waals surface area contributed by atoms with Crippen molar-refractivity contribution < 1.29 is 8.42 Å². The highest BCUT2D eigenvalue weighted by molar-refractivity contribution is 7.91. The van der Waals surface area contributed by atoms with E-state index < -0.39 is 15.4 Å². The molecule has 28 heavy (non-hydrogen) atoms. The number of nitrogens with one attached hydrogen (secondary N) is 1. The molecule has 0 aliphatic heterocycles. The standard InChI is InChI=1S/C20H16N4O3S/c1-2-11-24-18(21)16(28(26,27)14-8-4-3-5-9-14)13-15-19(24)22-17-10-6-7-12-23(17)20(15)25/h2-10,12-13,21H,1,11H2. The normalized spacial score (nSPS) is 11.7.